The molecule has 0 unspecified atom stereocenters. The molecule has 0 aromatic heterocycles. The van der Waals surface area contributed by atoms with Gasteiger partial charge in [-0.25, -0.2) is 0 Å². The van der Waals surface area contributed by atoms with Gasteiger partial charge in [-0.3, -0.25) is 10.1 Å². The minimum absolute atomic E-state index is 0.163. The second kappa shape index (κ2) is 4.53. The van der Waals surface area contributed by atoms with Crippen molar-refractivity contribution in [2.75, 3.05) is 31.1 Å². The largest absolute Gasteiger partial charge is 0.369 e. The molecule has 0 amide bonds. The molecule has 1 aliphatic heterocycles. The normalized spacial score (nSPS) is 16.1. The predicted octanol–water partition coefficient (Wildman–Crippen LogP) is -0.737. The van der Waals surface area contributed by atoms with Crippen molar-refractivity contribution in [2.45, 2.75) is 0 Å². The highest BCUT2D eigenvalue weighted by atomic mass is 16.6. The standard InChI is InChI=1S/C10H14BN3O2/c11-9-7-8(14(15)16)1-2-10(9)13-5-3-12-4-6-13/h1-2,7,12H,3-6,11H2. The number of non-ortho nitro benzene ring substituents is 1. The van der Waals surface area contributed by atoms with E-state index in [4.69, 9.17) is 0 Å². The van der Waals surface area contributed by atoms with Gasteiger partial charge in [0, 0.05) is 44.0 Å². The second-order valence-corrected chi connectivity index (χ2v) is 3.96. The molecule has 0 atom stereocenters. The SMILES string of the molecule is Bc1cc([N+](=O)[O-])ccc1N1CCNCC1. The van der Waals surface area contributed by atoms with Crippen LogP contribution in [-0.2, 0) is 0 Å². The lowest BCUT2D eigenvalue weighted by Gasteiger charge is -2.30. The molecular weight excluding hydrogens is 205 g/mol. The first-order valence-electron chi connectivity index (χ1n) is 5.39. The summed E-state index contributed by atoms with van der Waals surface area (Å²) in [6.07, 6.45) is 0. The Balaban J connectivity index is 2.24. The molecule has 1 saturated heterocycles. The Labute approximate surface area is 95.0 Å². The summed E-state index contributed by atoms with van der Waals surface area (Å²) in [4.78, 5) is 12.5. The molecule has 1 N–H and O–H groups in total. The number of hydrogen-bond donors (Lipinski definition) is 1. The van der Waals surface area contributed by atoms with Crippen LogP contribution < -0.4 is 15.7 Å². The summed E-state index contributed by atoms with van der Waals surface area (Å²) in [5.74, 6) is 0. The summed E-state index contributed by atoms with van der Waals surface area (Å²) in [6.45, 7) is 3.85. The number of nitrogens with zero attached hydrogens (tertiary/aromatic N) is 2. The van der Waals surface area contributed by atoms with Crippen molar-refractivity contribution in [3.8, 4) is 0 Å². The van der Waals surface area contributed by atoms with Gasteiger partial charge >= 0.3 is 0 Å². The Morgan fingerprint density at radius 3 is 2.62 bits per heavy atom. The molecule has 16 heavy (non-hydrogen) atoms. The Kier molecular flexibility index (Phi) is 3.10. The summed E-state index contributed by atoms with van der Waals surface area (Å²) in [7, 11) is 1.92. The van der Waals surface area contributed by atoms with Crippen LogP contribution in [0.5, 0.6) is 0 Å². The average Bonchev–Trinajstić information content (AvgIpc) is 2.30. The lowest BCUT2D eigenvalue weighted by atomic mass is 9.92. The fraction of sp³-hybridized carbons (Fsp3) is 0.400. The van der Waals surface area contributed by atoms with E-state index in [1.807, 2.05) is 13.9 Å². The van der Waals surface area contributed by atoms with E-state index in [2.05, 4.69) is 10.2 Å². The highest BCUT2D eigenvalue weighted by molar-refractivity contribution is 6.36. The number of nitro groups is 1. The van der Waals surface area contributed by atoms with Gasteiger partial charge in [-0.2, -0.15) is 0 Å². The number of rotatable bonds is 2. The molecule has 0 spiro atoms. The predicted molar refractivity (Wildman–Crippen MR) is 66.4 cm³/mol. The van der Waals surface area contributed by atoms with Crippen molar-refractivity contribution in [1.82, 2.24) is 5.32 Å². The van der Waals surface area contributed by atoms with E-state index in [1.165, 1.54) is 0 Å². The Morgan fingerprint density at radius 2 is 2.06 bits per heavy atom. The zero-order valence-electron chi connectivity index (χ0n) is 9.27. The van der Waals surface area contributed by atoms with E-state index in [0.29, 0.717) is 0 Å². The van der Waals surface area contributed by atoms with Crippen LogP contribution in [0.1, 0.15) is 0 Å². The second-order valence-electron chi connectivity index (χ2n) is 3.96. The molecule has 1 fully saturated rings. The van der Waals surface area contributed by atoms with Crippen LogP contribution in [0.15, 0.2) is 18.2 Å². The summed E-state index contributed by atoms with van der Waals surface area (Å²) in [5, 5.41) is 13.9. The molecule has 0 radical (unpaired) electrons. The Bertz CT molecular complexity index is 405. The van der Waals surface area contributed by atoms with Crippen LogP contribution in [0.2, 0.25) is 0 Å². The van der Waals surface area contributed by atoms with E-state index in [1.54, 1.807) is 12.1 Å². The first-order valence-corrected chi connectivity index (χ1v) is 5.39. The van der Waals surface area contributed by atoms with Gasteiger partial charge in [0.15, 0.2) is 0 Å². The lowest BCUT2D eigenvalue weighted by molar-refractivity contribution is -0.384. The monoisotopic (exact) mass is 219 g/mol. The third-order valence-electron chi connectivity index (χ3n) is 2.85. The maximum Gasteiger partial charge on any atom is 0.269 e. The first-order chi connectivity index (χ1) is 7.68. The number of piperazine rings is 1. The highest BCUT2D eigenvalue weighted by Gasteiger charge is 2.14. The number of anilines is 1. The Hall–Kier alpha value is -1.56. The zero-order chi connectivity index (χ0) is 11.5. The van der Waals surface area contributed by atoms with Crippen LogP contribution in [0.25, 0.3) is 0 Å². The minimum Gasteiger partial charge on any atom is -0.369 e. The topological polar surface area (TPSA) is 58.4 Å². The molecule has 1 aromatic carbocycles. The third kappa shape index (κ3) is 2.16. The van der Waals surface area contributed by atoms with E-state index in [-0.39, 0.29) is 10.6 Å². The Morgan fingerprint density at radius 1 is 1.38 bits per heavy atom. The van der Waals surface area contributed by atoms with Gasteiger partial charge in [-0.1, -0.05) is 5.46 Å². The quantitative estimate of drug-likeness (QED) is 0.404. The summed E-state index contributed by atoms with van der Waals surface area (Å²) in [6, 6.07) is 5.06. The number of hydrogen-bond acceptors (Lipinski definition) is 4. The minimum atomic E-state index is -0.353. The van der Waals surface area contributed by atoms with Crippen LogP contribution in [0.4, 0.5) is 11.4 Å². The van der Waals surface area contributed by atoms with Crippen molar-refractivity contribution < 1.29 is 4.92 Å². The molecule has 6 heteroatoms. The number of nitro benzene ring substituents is 1. The molecule has 84 valence electrons. The number of nitrogens with one attached hydrogen (secondary N) is 1. The lowest BCUT2D eigenvalue weighted by Crippen LogP contribution is -2.45. The molecule has 0 bridgehead atoms. The van der Waals surface area contributed by atoms with Crippen molar-refractivity contribution in [2.24, 2.45) is 0 Å². The average molecular weight is 219 g/mol. The molecule has 5 nitrogen and oxygen atoms in total. The summed E-state index contributed by atoms with van der Waals surface area (Å²) >= 11 is 0. The summed E-state index contributed by atoms with van der Waals surface area (Å²) in [5.41, 5.74) is 2.24. The van der Waals surface area contributed by atoms with Crippen LogP contribution in [0.3, 0.4) is 0 Å². The fourth-order valence-electron chi connectivity index (χ4n) is 2.01. The first kappa shape index (κ1) is 10.9. The molecule has 0 aliphatic carbocycles. The van der Waals surface area contributed by atoms with Gasteiger partial charge < -0.3 is 10.2 Å². The summed E-state index contributed by atoms with van der Waals surface area (Å²) < 4.78 is 0. The van der Waals surface area contributed by atoms with Gasteiger partial charge in [0.25, 0.3) is 5.69 Å². The van der Waals surface area contributed by atoms with E-state index in [9.17, 15) is 10.1 Å². The molecule has 2 rings (SSSR count). The van der Waals surface area contributed by atoms with Gasteiger partial charge in [0.05, 0.1) is 4.92 Å². The molecular formula is C10H14BN3O2. The molecule has 0 saturated carbocycles. The number of benzene rings is 1. The van der Waals surface area contributed by atoms with Crippen molar-refractivity contribution in [3.05, 3.63) is 28.3 Å². The van der Waals surface area contributed by atoms with Crippen LogP contribution in [-0.4, -0.2) is 38.9 Å². The van der Waals surface area contributed by atoms with Gasteiger partial charge in [-0.15, -0.1) is 0 Å². The maximum absolute atomic E-state index is 10.6. The van der Waals surface area contributed by atoms with Gasteiger partial charge in [0.2, 0.25) is 0 Å². The van der Waals surface area contributed by atoms with Crippen molar-refractivity contribution in [1.29, 1.82) is 0 Å². The maximum atomic E-state index is 10.6. The van der Waals surface area contributed by atoms with E-state index >= 15 is 0 Å². The zero-order valence-corrected chi connectivity index (χ0v) is 9.27. The van der Waals surface area contributed by atoms with Gasteiger partial charge in [0.1, 0.15) is 7.85 Å². The molecule has 1 aromatic rings. The van der Waals surface area contributed by atoms with E-state index in [0.717, 1.165) is 37.3 Å². The smallest absolute Gasteiger partial charge is 0.269 e. The highest BCUT2D eigenvalue weighted by Crippen LogP contribution is 2.16. The van der Waals surface area contributed by atoms with Crippen molar-refractivity contribution in [3.63, 3.8) is 0 Å². The van der Waals surface area contributed by atoms with Crippen LogP contribution in [0, 0.1) is 10.1 Å². The van der Waals surface area contributed by atoms with Gasteiger partial charge in [-0.05, 0) is 6.07 Å². The molecule has 1 heterocycles. The fourth-order valence-corrected chi connectivity index (χ4v) is 2.01. The third-order valence-corrected chi connectivity index (χ3v) is 2.85. The van der Waals surface area contributed by atoms with Crippen molar-refractivity contribution >= 4 is 24.7 Å². The molecule has 1 aliphatic rings. The van der Waals surface area contributed by atoms with Crippen LogP contribution >= 0.6 is 0 Å². The van der Waals surface area contributed by atoms with E-state index < -0.39 is 0 Å².